The molecular formula is C11H12F2N2O4. The zero-order chi connectivity index (χ0) is 14.4. The second-order valence-corrected chi connectivity index (χ2v) is 3.60. The molecule has 0 spiro atoms. The minimum absolute atomic E-state index is 0.200. The minimum atomic E-state index is -1.34. The molecule has 0 radical (unpaired) electrons. The van der Waals surface area contributed by atoms with Crippen molar-refractivity contribution < 1.29 is 28.6 Å². The van der Waals surface area contributed by atoms with Gasteiger partial charge >= 0.3 is 12.0 Å². The van der Waals surface area contributed by atoms with Gasteiger partial charge in [-0.15, -0.1) is 0 Å². The van der Waals surface area contributed by atoms with E-state index in [-0.39, 0.29) is 6.42 Å². The number of halogens is 2. The Kier molecular flexibility index (Phi) is 5.19. The van der Waals surface area contributed by atoms with E-state index in [0.717, 1.165) is 12.1 Å². The lowest BCUT2D eigenvalue weighted by atomic mass is 10.2. The van der Waals surface area contributed by atoms with Crippen molar-refractivity contribution in [2.24, 2.45) is 0 Å². The third-order valence-electron chi connectivity index (χ3n) is 2.22. The van der Waals surface area contributed by atoms with Crippen molar-refractivity contribution >= 4 is 17.7 Å². The number of carbonyl (C=O) groups excluding carboxylic acids is 1. The highest BCUT2D eigenvalue weighted by atomic mass is 19.2. The molecule has 8 heteroatoms. The highest BCUT2D eigenvalue weighted by Crippen LogP contribution is 2.16. The normalized spacial score (nSPS) is 11.7. The van der Waals surface area contributed by atoms with E-state index in [0.29, 0.717) is 0 Å². The van der Waals surface area contributed by atoms with E-state index in [2.05, 4.69) is 0 Å². The molecule has 104 valence electrons. The second-order valence-electron chi connectivity index (χ2n) is 3.60. The first-order chi connectivity index (χ1) is 8.95. The van der Waals surface area contributed by atoms with E-state index in [9.17, 15) is 18.4 Å². The summed E-state index contributed by atoms with van der Waals surface area (Å²) < 4.78 is 26.1. The van der Waals surface area contributed by atoms with Crippen molar-refractivity contribution in [1.82, 2.24) is 5.32 Å². The summed E-state index contributed by atoms with van der Waals surface area (Å²) >= 11 is 0. The zero-order valence-electron chi connectivity index (χ0n) is 9.69. The van der Waals surface area contributed by atoms with Gasteiger partial charge in [0.15, 0.2) is 11.6 Å². The lowest BCUT2D eigenvalue weighted by Gasteiger charge is -2.14. The van der Waals surface area contributed by atoms with Gasteiger partial charge in [0.2, 0.25) is 0 Å². The largest absolute Gasteiger partial charge is 0.480 e. The Hall–Kier alpha value is -2.22. The van der Waals surface area contributed by atoms with Gasteiger partial charge in [-0.25, -0.2) is 18.4 Å². The number of anilines is 1. The Bertz CT molecular complexity index is 482. The van der Waals surface area contributed by atoms with Crippen LogP contribution < -0.4 is 10.6 Å². The Morgan fingerprint density at radius 1 is 1.32 bits per heavy atom. The topological polar surface area (TPSA) is 98.7 Å². The molecule has 6 nitrogen and oxygen atoms in total. The SMILES string of the molecule is O=C(Nc1cccc(F)c1F)N[C@@H](CCO)C(=O)O. The zero-order valence-corrected chi connectivity index (χ0v) is 9.69. The van der Waals surface area contributed by atoms with E-state index >= 15 is 0 Å². The number of hydrogen-bond donors (Lipinski definition) is 4. The molecule has 0 aliphatic rings. The van der Waals surface area contributed by atoms with Gasteiger partial charge in [-0.2, -0.15) is 0 Å². The molecule has 0 aromatic heterocycles. The van der Waals surface area contributed by atoms with Gasteiger partial charge in [-0.1, -0.05) is 6.07 Å². The maximum Gasteiger partial charge on any atom is 0.326 e. The Labute approximate surface area is 107 Å². The number of aliphatic carboxylic acids is 1. The molecule has 19 heavy (non-hydrogen) atoms. The van der Waals surface area contributed by atoms with Crippen molar-refractivity contribution in [3.05, 3.63) is 29.8 Å². The van der Waals surface area contributed by atoms with Crippen LogP contribution in [0.4, 0.5) is 19.3 Å². The summed E-state index contributed by atoms with van der Waals surface area (Å²) in [5.74, 6) is -3.72. The second kappa shape index (κ2) is 6.64. The number of hydrogen-bond acceptors (Lipinski definition) is 3. The van der Waals surface area contributed by atoms with Crippen LogP contribution in [-0.4, -0.2) is 34.9 Å². The number of aliphatic hydroxyl groups excluding tert-OH is 1. The van der Waals surface area contributed by atoms with E-state index in [4.69, 9.17) is 10.2 Å². The highest BCUT2D eigenvalue weighted by Gasteiger charge is 2.20. The molecule has 0 unspecified atom stereocenters. The van der Waals surface area contributed by atoms with Crippen molar-refractivity contribution in [3.63, 3.8) is 0 Å². The molecule has 4 N–H and O–H groups in total. The number of rotatable bonds is 5. The van der Waals surface area contributed by atoms with E-state index in [1.807, 2.05) is 10.6 Å². The van der Waals surface area contributed by atoms with Gasteiger partial charge in [0.1, 0.15) is 6.04 Å². The van der Waals surface area contributed by atoms with Gasteiger partial charge in [-0.3, -0.25) is 0 Å². The first-order valence-electron chi connectivity index (χ1n) is 5.31. The summed E-state index contributed by atoms with van der Waals surface area (Å²) in [4.78, 5) is 22.1. The van der Waals surface area contributed by atoms with E-state index < -0.39 is 42.0 Å². The summed E-state index contributed by atoms with van der Waals surface area (Å²) in [5, 5.41) is 21.4. The number of nitrogens with one attached hydrogen (secondary N) is 2. The average Bonchev–Trinajstić information content (AvgIpc) is 2.34. The monoisotopic (exact) mass is 274 g/mol. The quantitative estimate of drug-likeness (QED) is 0.641. The van der Waals surface area contributed by atoms with Gasteiger partial charge in [-0.05, 0) is 12.1 Å². The van der Waals surface area contributed by atoms with Crippen LogP contribution in [0.15, 0.2) is 18.2 Å². The molecule has 1 aromatic carbocycles. The first-order valence-corrected chi connectivity index (χ1v) is 5.31. The van der Waals surface area contributed by atoms with Crippen molar-refractivity contribution in [2.45, 2.75) is 12.5 Å². The van der Waals surface area contributed by atoms with Gasteiger partial charge in [0, 0.05) is 13.0 Å². The van der Waals surface area contributed by atoms with Crippen LogP contribution >= 0.6 is 0 Å². The minimum Gasteiger partial charge on any atom is -0.480 e. The fraction of sp³-hybridized carbons (Fsp3) is 0.273. The van der Waals surface area contributed by atoms with Crippen LogP contribution in [-0.2, 0) is 4.79 Å². The number of benzene rings is 1. The van der Waals surface area contributed by atoms with Crippen molar-refractivity contribution in [2.75, 3.05) is 11.9 Å². The number of carboxylic acid groups (broad SMARTS) is 1. The summed E-state index contributed by atoms with van der Waals surface area (Å²) in [6.07, 6.45) is -0.200. The Morgan fingerprint density at radius 2 is 2.00 bits per heavy atom. The summed E-state index contributed by atoms with van der Waals surface area (Å²) in [6, 6.07) is 0.868. The average molecular weight is 274 g/mol. The number of amides is 2. The summed E-state index contributed by atoms with van der Waals surface area (Å²) in [6.45, 7) is -0.439. The molecule has 1 atom stereocenters. The molecule has 0 saturated carbocycles. The van der Waals surface area contributed by atoms with Crippen LogP contribution in [0.3, 0.4) is 0 Å². The number of urea groups is 1. The Balaban J connectivity index is 2.69. The predicted octanol–water partition coefficient (Wildman–Crippen LogP) is 0.922. The van der Waals surface area contributed by atoms with Gasteiger partial charge in [0.05, 0.1) is 5.69 Å². The maximum atomic E-state index is 13.2. The third kappa shape index (κ3) is 4.18. The first kappa shape index (κ1) is 14.8. The van der Waals surface area contributed by atoms with Crippen molar-refractivity contribution in [1.29, 1.82) is 0 Å². The number of carboxylic acids is 1. The van der Waals surface area contributed by atoms with Gasteiger partial charge < -0.3 is 20.8 Å². The van der Waals surface area contributed by atoms with Crippen molar-refractivity contribution in [3.8, 4) is 0 Å². The van der Waals surface area contributed by atoms with Crippen LogP contribution in [0.2, 0.25) is 0 Å². The highest BCUT2D eigenvalue weighted by molar-refractivity contribution is 5.92. The summed E-state index contributed by atoms with van der Waals surface area (Å²) in [7, 11) is 0. The number of carbonyl (C=O) groups is 2. The van der Waals surface area contributed by atoms with Crippen LogP contribution in [0.25, 0.3) is 0 Å². The van der Waals surface area contributed by atoms with Gasteiger partial charge in [0.25, 0.3) is 0 Å². The molecule has 0 fully saturated rings. The lowest BCUT2D eigenvalue weighted by Crippen LogP contribution is -2.43. The van der Waals surface area contributed by atoms with Crippen LogP contribution in [0, 0.1) is 11.6 Å². The lowest BCUT2D eigenvalue weighted by molar-refractivity contribution is -0.139. The van der Waals surface area contributed by atoms with E-state index in [1.54, 1.807) is 0 Å². The fourth-order valence-electron chi connectivity index (χ4n) is 1.30. The van der Waals surface area contributed by atoms with E-state index in [1.165, 1.54) is 6.07 Å². The molecule has 0 bridgehead atoms. The molecule has 0 heterocycles. The standard InChI is InChI=1S/C11H12F2N2O4/c12-6-2-1-3-7(9(6)13)14-11(19)15-8(4-5-16)10(17)18/h1-3,8,16H,4-5H2,(H,17,18)(H2,14,15,19)/t8-/m0/s1. The summed E-state index contributed by atoms with van der Waals surface area (Å²) in [5.41, 5.74) is -0.411. The van der Waals surface area contributed by atoms with Crippen LogP contribution in [0.5, 0.6) is 0 Å². The predicted molar refractivity (Wildman–Crippen MR) is 61.6 cm³/mol. The van der Waals surface area contributed by atoms with Crippen LogP contribution in [0.1, 0.15) is 6.42 Å². The fourth-order valence-corrected chi connectivity index (χ4v) is 1.30. The third-order valence-corrected chi connectivity index (χ3v) is 2.22. The molecule has 1 rings (SSSR count). The molecule has 0 aliphatic heterocycles. The molecular weight excluding hydrogens is 262 g/mol. The smallest absolute Gasteiger partial charge is 0.326 e. The number of aliphatic hydroxyl groups is 1. The molecule has 1 aromatic rings. The molecule has 0 aliphatic carbocycles. The molecule has 0 saturated heterocycles. The molecule has 2 amide bonds. The maximum absolute atomic E-state index is 13.2. The Morgan fingerprint density at radius 3 is 2.58 bits per heavy atom.